The molecular weight excluding hydrogens is 1320 g/mol. The average molecular weight is 1350 g/mol. The number of rotatable bonds is 21. The van der Waals surface area contributed by atoms with Gasteiger partial charge in [0.25, 0.3) is 60.7 Å². The van der Waals surface area contributed by atoms with E-state index in [-0.39, 0.29) is 100 Å². The lowest BCUT2D eigenvalue weighted by Crippen LogP contribution is -2.26. The van der Waals surface area contributed by atoms with Crippen molar-refractivity contribution in [3.8, 4) is 23.0 Å². The molecule has 0 spiro atoms. The summed E-state index contributed by atoms with van der Waals surface area (Å²) in [5, 5.41) is 14.8. The third-order valence-electron chi connectivity index (χ3n) is 11.5. The van der Waals surface area contributed by atoms with Gasteiger partial charge in [0.1, 0.15) is 36.9 Å². The largest absolute Gasteiger partial charge is 0.451 e. The first kappa shape index (κ1) is 62.0. The summed E-state index contributed by atoms with van der Waals surface area (Å²) < 4.78 is 219. The van der Waals surface area contributed by atoms with E-state index in [1.54, 1.807) is 6.92 Å². The van der Waals surface area contributed by atoms with E-state index in [1.807, 2.05) is 0 Å². The fourth-order valence-electron chi connectivity index (χ4n) is 8.07. The predicted molar refractivity (Wildman–Crippen MR) is 297 cm³/mol. The molecule has 0 saturated carbocycles. The minimum Gasteiger partial charge on any atom is -0.451 e. The molecular formula is C42H35Cl3N14O20S6. The molecule has 34 nitrogen and oxygen atoms in total. The molecule has 0 aliphatic carbocycles. The monoisotopic (exact) mass is 1350 g/mol. The number of halogens is 3. The van der Waals surface area contributed by atoms with Gasteiger partial charge in [-0.25, -0.2) is 9.98 Å². The van der Waals surface area contributed by atoms with Crippen molar-refractivity contribution < 1.29 is 87.3 Å². The SMILES string of the molecule is CCc1c2c(c(Cl)c3c1=Nc1ccc(NCCNc4nc(Cl)nc(Nc5ccc(S(=O)(=O)O)cc5S(=O)(=O)O)n4)c(S(=O)(=O)O)c1O3)=Nc1ccc(NCCNc3nc(Cl)nc(Nc4ccc(S(=O)(=O)O)cc4S(=O)(=O)O)n3)c(S(=O)(=O)O)c1O2. The van der Waals surface area contributed by atoms with Gasteiger partial charge < -0.3 is 41.4 Å². The van der Waals surface area contributed by atoms with Crippen molar-refractivity contribution in [2.24, 2.45) is 9.98 Å². The topological polar surface area (TPSA) is 519 Å². The van der Waals surface area contributed by atoms with Crippen LogP contribution in [0, 0.1) is 0 Å². The Morgan fingerprint density at radius 1 is 0.424 bits per heavy atom. The standard InChI is InChI=1S/C42H35Cl3N14O20S6/c1-2-19-29-34(79-33-22(50-29)7-9-25(36(33)85(75,76)77)47-12-14-49-40-55-38(45)57-42(59-40)53-21-6-4-18(81(63,64)65)16-27(21)83(69,70)71)28(43)30-31(19)78-32-23(51-30)8-10-24(35(32)84(72,73)74)46-11-13-48-39-54-37(44)56-41(58-39)52-20-5-3-17(80(60,61)62)15-26(20)82(66,67)68/h3-10,15-16,46-47H,2,11-14H2,1H3,(H,60,61,62)(H,63,64,65)(H,66,67,68)(H,69,70,71)(H,72,73,74)(H,75,76,77)(H2,48,52,54,56,58)(H2,49,53,55,57,59). The summed E-state index contributed by atoms with van der Waals surface area (Å²) in [6, 6.07) is 9.51. The van der Waals surface area contributed by atoms with Gasteiger partial charge in [-0.15, -0.1) is 0 Å². The Morgan fingerprint density at radius 3 is 1.19 bits per heavy atom. The highest BCUT2D eigenvalue weighted by molar-refractivity contribution is 7.87. The van der Waals surface area contributed by atoms with Crippen LogP contribution < -0.4 is 52.1 Å². The summed E-state index contributed by atoms with van der Waals surface area (Å²) in [5.74, 6) is -2.62. The van der Waals surface area contributed by atoms with Gasteiger partial charge in [-0.1, -0.05) is 18.5 Å². The van der Waals surface area contributed by atoms with Crippen LogP contribution in [0.5, 0.6) is 23.0 Å². The maximum atomic E-state index is 13.1. The van der Waals surface area contributed by atoms with Gasteiger partial charge >= 0.3 is 0 Å². The molecule has 0 radical (unpaired) electrons. The maximum absolute atomic E-state index is 13.1. The van der Waals surface area contributed by atoms with Gasteiger partial charge in [-0.05, 0) is 90.3 Å². The third kappa shape index (κ3) is 13.6. The minimum atomic E-state index is -5.17. The molecule has 0 fully saturated rings. The number of benzene rings is 5. The highest BCUT2D eigenvalue weighted by Gasteiger charge is 2.35. The number of fused-ring (bicyclic) bond motifs is 4. The number of hydrogen-bond donors (Lipinski definition) is 12. The van der Waals surface area contributed by atoms with Crippen molar-refractivity contribution in [1.82, 2.24) is 29.9 Å². The molecule has 0 saturated heterocycles. The van der Waals surface area contributed by atoms with Crippen LogP contribution in [0.15, 0.2) is 100 Å². The highest BCUT2D eigenvalue weighted by atomic mass is 35.5. The average Bonchev–Trinajstić information content (AvgIpc) is 0.842. The van der Waals surface area contributed by atoms with Crippen molar-refractivity contribution >= 4 is 153 Å². The zero-order valence-electron chi connectivity index (χ0n) is 41.9. The number of nitrogens with one attached hydrogen (secondary N) is 6. The molecule has 85 heavy (non-hydrogen) atoms. The molecule has 43 heteroatoms. The molecule has 450 valence electrons. The fraction of sp³-hybridized carbons (Fsp3) is 0.143. The van der Waals surface area contributed by atoms with Gasteiger partial charge in [0.2, 0.25) is 34.4 Å². The van der Waals surface area contributed by atoms with Crippen molar-refractivity contribution in [2.45, 2.75) is 42.7 Å². The van der Waals surface area contributed by atoms with Crippen molar-refractivity contribution in [2.75, 3.05) is 58.1 Å². The van der Waals surface area contributed by atoms with Crippen molar-refractivity contribution in [1.29, 1.82) is 0 Å². The van der Waals surface area contributed by atoms with E-state index < -0.39 is 135 Å². The smallest absolute Gasteiger partial charge is 0.300 e. The zero-order chi connectivity index (χ0) is 61.9. The third-order valence-corrected chi connectivity index (χ3v) is 17.6. The van der Waals surface area contributed by atoms with Crippen LogP contribution in [0.3, 0.4) is 0 Å². The van der Waals surface area contributed by atoms with Crippen LogP contribution in [0.2, 0.25) is 15.6 Å². The van der Waals surface area contributed by atoms with Gasteiger partial charge in [0, 0.05) is 31.7 Å². The molecule has 2 aromatic heterocycles. The summed E-state index contributed by atoms with van der Waals surface area (Å²) in [7, 11) is -30.3. The molecule has 0 atom stereocenters. The molecule has 0 amide bonds. The molecule has 12 N–H and O–H groups in total. The highest BCUT2D eigenvalue weighted by Crippen LogP contribution is 2.48. The quantitative estimate of drug-likeness (QED) is 0.0342. The van der Waals surface area contributed by atoms with E-state index >= 15 is 0 Å². The van der Waals surface area contributed by atoms with Crippen LogP contribution in [0.25, 0.3) is 0 Å². The Balaban J connectivity index is 0.926. The Hall–Kier alpha value is -7.55. The summed E-state index contributed by atoms with van der Waals surface area (Å²) >= 11 is 19.0. The first-order valence-corrected chi connectivity index (χ1v) is 32.8. The number of aromatic nitrogens is 6. The maximum Gasteiger partial charge on any atom is 0.300 e. The number of hydrogen-bond acceptors (Lipinski definition) is 28. The van der Waals surface area contributed by atoms with Crippen LogP contribution in [-0.2, 0) is 67.1 Å². The normalized spacial score (nSPS) is 13.1. The van der Waals surface area contributed by atoms with Gasteiger partial charge in [0.05, 0.1) is 32.5 Å². The second-order valence-electron chi connectivity index (χ2n) is 17.1. The second-order valence-corrected chi connectivity index (χ2v) is 26.5. The first-order chi connectivity index (χ1) is 39.6. The van der Waals surface area contributed by atoms with Crippen molar-refractivity contribution in [3.05, 3.63) is 92.5 Å². The molecule has 2 aliphatic heterocycles. The summed E-state index contributed by atoms with van der Waals surface area (Å²) in [6.07, 6.45) is 0.0670. The van der Waals surface area contributed by atoms with E-state index in [4.69, 9.17) is 44.3 Å². The summed E-state index contributed by atoms with van der Waals surface area (Å²) in [6.45, 7) is 1.11. The molecule has 2 aliphatic rings. The van der Waals surface area contributed by atoms with E-state index in [9.17, 15) is 77.8 Å². The van der Waals surface area contributed by atoms with Crippen molar-refractivity contribution in [3.63, 3.8) is 0 Å². The summed E-state index contributed by atoms with van der Waals surface area (Å²) in [5.41, 5.74) is -1.38. The lowest BCUT2D eigenvalue weighted by Gasteiger charge is -2.25. The lowest BCUT2D eigenvalue weighted by atomic mass is 10.1. The molecule has 9 rings (SSSR count). The minimum absolute atomic E-state index is 0.0164. The Morgan fingerprint density at radius 2 is 0.800 bits per heavy atom. The summed E-state index contributed by atoms with van der Waals surface area (Å²) in [4.78, 5) is 27.5. The van der Waals surface area contributed by atoms with Crippen LogP contribution in [-0.4, -0.2) is 134 Å². The molecule has 4 heterocycles. The molecule has 0 bridgehead atoms. The van der Waals surface area contributed by atoms with E-state index in [0.717, 1.165) is 24.3 Å². The second kappa shape index (κ2) is 23.0. The predicted octanol–water partition coefficient (Wildman–Crippen LogP) is 4.71. The van der Waals surface area contributed by atoms with E-state index in [0.29, 0.717) is 12.1 Å². The van der Waals surface area contributed by atoms with Gasteiger partial charge in [0.15, 0.2) is 32.8 Å². The van der Waals surface area contributed by atoms with Gasteiger partial charge in [-0.2, -0.15) is 80.4 Å². The molecule has 5 aromatic carbocycles. The zero-order valence-corrected chi connectivity index (χ0v) is 49.0. The van der Waals surface area contributed by atoms with Crippen LogP contribution >= 0.6 is 34.8 Å². The molecule has 7 aromatic rings. The fourth-order valence-corrected chi connectivity index (χ4v) is 12.8. The molecule has 0 unspecified atom stereocenters. The number of nitrogens with zero attached hydrogens (tertiary/aromatic N) is 8. The van der Waals surface area contributed by atoms with Gasteiger partial charge in [-0.3, -0.25) is 27.3 Å². The Bertz CT molecular complexity index is 4850. The van der Waals surface area contributed by atoms with E-state index in [2.05, 4.69) is 71.8 Å². The van der Waals surface area contributed by atoms with E-state index in [1.165, 1.54) is 24.3 Å². The first-order valence-electron chi connectivity index (χ1n) is 23.1. The van der Waals surface area contributed by atoms with Crippen LogP contribution in [0.1, 0.15) is 12.5 Å². The number of anilines is 8. The Kier molecular flexibility index (Phi) is 16.8. The Labute approximate surface area is 493 Å². The lowest BCUT2D eigenvalue weighted by molar-refractivity contribution is 0.424. The number of ether oxygens (including phenoxy) is 2. The van der Waals surface area contributed by atoms with Crippen LogP contribution in [0.4, 0.5) is 57.9 Å².